The molecule has 2 N–H and O–H groups in total. The zero-order valence-corrected chi connectivity index (χ0v) is 15.0. The number of hydrogen-bond acceptors (Lipinski definition) is 4. The summed E-state index contributed by atoms with van der Waals surface area (Å²) < 4.78 is 1.74. The standard InChI is InChI=1S/C15H21N5O.2ClH/c1-10-13-7-12(9-18-14(13)20(2)19-10)15(21)17-6-4-11-3-5-16-8-11;;/h7,9,11,16H,3-6,8H2,1-2H3,(H,17,21);2*1H. The molecule has 0 saturated carbocycles. The first kappa shape index (κ1) is 19.7. The number of nitrogens with zero attached hydrogens (tertiary/aromatic N) is 3. The number of halogens is 2. The van der Waals surface area contributed by atoms with Crippen molar-refractivity contribution in [1.82, 2.24) is 25.4 Å². The van der Waals surface area contributed by atoms with Gasteiger partial charge in [0.05, 0.1) is 11.3 Å². The van der Waals surface area contributed by atoms with Crippen LogP contribution in [0.25, 0.3) is 11.0 Å². The molecule has 3 rings (SSSR count). The third-order valence-electron chi connectivity index (χ3n) is 4.13. The fourth-order valence-corrected chi connectivity index (χ4v) is 2.88. The first-order valence-corrected chi connectivity index (χ1v) is 7.43. The third-order valence-corrected chi connectivity index (χ3v) is 4.13. The molecule has 1 unspecified atom stereocenters. The van der Waals surface area contributed by atoms with E-state index in [1.54, 1.807) is 10.9 Å². The van der Waals surface area contributed by atoms with Gasteiger partial charge in [0.15, 0.2) is 5.65 Å². The van der Waals surface area contributed by atoms with Crippen LogP contribution in [0.4, 0.5) is 0 Å². The summed E-state index contributed by atoms with van der Waals surface area (Å²) in [5, 5.41) is 11.6. The molecule has 1 atom stereocenters. The van der Waals surface area contributed by atoms with E-state index in [1.807, 2.05) is 20.0 Å². The van der Waals surface area contributed by atoms with Crippen molar-refractivity contribution < 1.29 is 4.79 Å². The lowest BCUT2D eigenvalue weighted by molar-refractivity contribution is 0.0951. The Balaban J connectivity index is 0.00000132. The lowest BCUT2D eigenvalue weighted by atomic mass is 10.1. The molecular weight excluding hydrogens is 337 g/mol. The van der Waals surface area contributed by atoms with Gasteiger partial charge in [0, 0.05) is 25.2 Å². The summed E-state index contributed by atoms with van der Waals surface area (Å²) in [7, 11) is 1.86. The monoisotopic (exact) mass is 359 g/mol. The molecule has 2 aromatic heterocycles. The average Bonchev–Trinajstić information content (AvgIpc) is 3.08. The summed E-state index contributed by atoms with van der Waals surface area (Å²) in [6, 6.07) is 1.87. The molecule has 0 aliphatic carbocycles. The number of rotatable bonds is 4. The summed E-state index contributed by atoms with van der Waals surface area (Å²) in [6.45, 7) is 4.81. The van der Waals surface area contributed by atoms with Crippen LogP contribution in [0.5, 0.6) is 0 Å². The van der Waals surface area contributed by atoms with Gasteiger partial charge in [-0.25, -0.2) is 4.98 Å². The summed E-state index contributed by atoms with van der Waals surface area (Å²) in [5.41, 5.74) is 2.30. The van der Waals surface area contributed by atoms with Crippen molar-refractivity contribution in [2.24, 2.45) is 13.0 Å². The van der Waals surface area contributed by atoms with E-state index in [1.165, 1.54) is 6.42 Å². The molecule has 1 aliphatic heterocycles. The van der Waals surface area contributed by atoms with Gasteiger partial charge in [0.2, 0.25) is 0 Å². The highest BCUT2D eigenvalue weighted by molar-refractivity contribution is 5.97. The van der Waals surface area contributed by atoms with Crippen LogP contribution in [0.3, 0.4) is 0 Å². The van der Waals surface area contributed by atoms with Crippen LogP contribution in [0, 0.1) is 12.8 Å². The molecule has 0 bridgehead atoms. The lowest BCUT2D eigenvalue weighted by Crippen LogP contribution is -2.26. The minimum Gasteiger partial charge on any atom is -0.352 e. The van der Waals surface area contributed by atoms with Crippen LogP contribution < -0.4 is 10.6 Å². The fraction of sp³-hybridized carbons (Fsp3) is 0.533. The lowest BCUT2D eigenvalue weighted by Gasteiger charge is -2.09. The predicted octanol–water partition coefficient (Wildman–Crippen LogP) is 1.85. The van der Waals surface area contributed by atoms with Crippen molar-refractivity contribution in [2.75, 3.05) is 19.6 Å². The number of nitrogens with one attached hydrogen (secondary N) is 2. The van der Waals surface area contributed by atoms with Crippen LogP contribution >= 0.6 is 24.8 Å². The van der Waals surface area contributed by atoms with Gasteiger partial charge in [-0.3, -0.25) is 9.48 Å². The second-order valence-electron chi connectivity index (χ2n) is 5.71. The molecule has 1 amide bonds. The molecule has 8 heteroatoms. The molecule has 2 aromatic rings. The fourth-order valence-electron chi connectivity index (χ4n) is 2.88. The van der Waals surface area contributed by atoms with Gasteiger partial charge in [-0.2, -0.15) is 5.10 Å². The molecule has 1 aliphatic rings. The molecule has 0 aromatic carbocycles. The first-order chi connectivity index (χ1) is 10.1. The minimum absolute atomic E-state index is 0. The minimum atomic E-state index is -0.0568. The normalized spacial score (nSPS) is 16.7. The van der Waals surface area contributed by atoms with Crippen LogP contribution in [0.1, 0.15) is 28.9 Å². The van der Waals surface area contributed by atoms with E-state index in [0.717, 1.165) is 42.8 Å². The number of amides is 1. The molecule has 6 nitrogen and oxygen atoms in total. The summed E-state index contributed by atoms with van der Waals surface area (Å²) >= 11 is 0. The van der Waals surface area contributed by atoms with Crippen molar-refractivity contribution >= 4 is 41.8 Å². The highest BCUT2D eigenvalue weighted by Gasteiger charge is 2.15. The van der Waals surface area contributed by atoms with Crippen LogP contribution in [-0.2, 0) is 7.05 Å². The zero-order valence-electron chi connectivity index (χ0n) is 13.3. The number of pyridine rings is 1. The first-order valence-electron chi connectivity index (χ1n) is 7.43. The molecule has 0 radical (unpaired) electrons. The smallest absolute Gasteiger partial charge is 0.252 e. The number of carbonyl (C=O) groups is 1. The molecule has 23 heavy (non-hydrogen) atoms. The van der Waals surface area contributed by atoms with Gasteiger partial charge in [0.1, 0.15) is 0 Å². The number of aromatic nitrogens is 3. The maximum absolute atomic E-state index is 12.2. The van der Waals surface area contributed by atoms with Gasteiger partial charge in [-0.1, -0.05) is 0 Å². The topological polar surface area (TPSA) is 71.8 Å². The van der Waals surface area contributed by atoms with E-state index >= 15 is 0 Å². The third kappa shape index (κ3) is 4.34. The van der Waals surface area contributed by atoms with E-state index in [0.29, 0.717) is 11.5 Å². The zero-order chi connectivity index (χ0) is 14.8. The van der Waals surface area contributed by atoms with E-state index < -0.39 is 0 Å². The van der Waals surface area contributed by atoms with Crippen LogP contribution in [-0.4, -0.2) is 40.3 Å². The van der Waals surface area contributed by atoms with E-state index in [-0.39, 0.29) is 30.7 Å². The van der Waals surface area contributed by atoms with Gasteiger partial charge in [-0.15, -0.1) is 24.8 Å². The van der Waals surface area contributed by atoms with Crippen molar-refractivity contribution in [3.8, 4) is 0 Å². The highest BCUT2D eigenvalue weighted by atomic mass is 35.5. The Labute approximate surface area is 148 Å². The Hall–Kier alpha value is -1.37. The Morgan fingerprint density at radius 1 is 1.48 bits per heavy atom. The molecular formula is C15H23Cl2N5O. The Kier molecular flexibility index (Phi) is 7.25. The summed E-state index contributed by atoms with van der Waals surface area (Å²) in [5.74, 6) is 0.630. The quantitative estimate of drug-likeness (QED) is 0.873. The largest absolute Gasteiger partial charge is 0.352 e. The Morgan fingerprint density at radius 2 is 2.26 bits per heavy atom. The summed E-state index contributed by atoms with van der Waals surface area (Å²) in [4.78, 5) is 16.5. The van der Waals surface area contributed by atoms with Crippen LogP contribution in [0.2, 0.25) is 0 Å². The summed E-state index contributed by atoms with van der Waals surface area (Å²) in [6.07, 6.45) is 3.86. The molecule has 128 valence electrons. The van der Waals surface area contributed by atoms with Crippen molar-refractivity contribution in [3.05, 3.63) is 23.5 Å². The SMILES string of the molecule is Cc1nn(C)c2ncc(C(=O)NCCC3CCNC3)cc12.Cl.Cl. The van der Waals surface area contributed by atoms with Crippen LogP contribution in [0.15, 0.2) is 12.3 Å². The van der Waals surface area contributed by atoms with E-state index in [4.69, 9.17) is 0 Å². The Bertz CT molecular complexity index is 667. The maximum atomic E-state index is 12.2. The van der Waals surface area contributed by atoms with Crippen molar-refractivity contribution in [3.63, 3.8) is 0 Å². The predicted molar refractivity (Wildman–Crippen MR) is 95.7 cm³/mol. The number of fused-ring (bicyclic) bond motifs is 1. The number of aryl methyl sites for hydroxylation is 2. The number of hydrogen-bond donors (Lipinski definition) is 2. The second-order valence-corrected chi connectivity index (χ2v) is 5.71. The van der Waals surface area contributed by atoms with Gasteiger partial charge in [0.25, 0.3) is 5.91 Å². The van der Waals surface area contributed by atoms with E-state index in [2.05, 4.69) is 20.7 Å². The van der Waals surface area contributed by atoms with Gasteiger partial charge >= 0.3 is 0 Å². The maximum Gasteiger partial charge on any atom is 0.252 e. The molecule has 3 heterocycles. The van der Waals surface area contributed by atoms with Crippen molar-refractivity contribution in [2.45, 2.75) is 19.8 Å². The van der Waals surface area contributed by atoms with Gasteiger partial charge < -0.3 is 10.6 Å². The highest BCUT2D eigenvalue weighted by Crippen LogP contribution is 2.16. The van der Waals surface area contributed by atoms with Gasteiger partial charge in [-0.05, 0) is 44.8 Å². The molecule has 0 spiro atoms. The number of carbonyl (C=O) groups excluding carboxylic acids is 1. The average molecular weight is 360 g/mol. The van der Waals surface area contributed by atoms with Crippen molar-refractivity contribution in [1.29, 1.82) is 0 Å². The second kappa shape index (κ2) is 8.47. The molecule has 1 fully saturated rings. The Morgan fingerprint density at radius 3 is 2.96 bits per heavy atom. The molecule has 1 saturated heterocycles. The van der Waals surface area contributed by atoms with E-state index in [9.17, 15) is 4.79 Å².